The molecule has 0 atom stereocenters. The molecule has 0 radical (unpaired) electrons. The summed E-state index contributed by atoms with van der Waals surface area (Å²) in [6, 6.07) is 10.6. The molecule has 0 aromatic heterocycles. The lowest BCUT2D eigenvalue weighted by Crippen LogP contribution is -2.23. The molecule has 1 N–H and O–H groups in total. The van der Waals surface area contributed by atoms with Crippen LogP contribution in [0.4, 0.5) is 17.6 Å². The molecule has 0 unspecified atom stereocenters. The van der Waals surface area contributed by atoms with Crippen molar-refractivity contribution < 1.29 is 36.6 Å². The number of benzene rings is 2. The Kier molecular flexibility index (Phi) is 8.32. The van der Waals surface area contributed by atoms with E-state index in [4.69, 9.17) is 4.74 Å². The number of alkyl halides is 4. The Bertz CT molecular complexity index is 826. The average molecular weight is 413 g/mol. The summed E-state index contributed by atoms with van der Waals surface area (Å²) in [4.78, 5) is 11.9. The van der Waals surface area contributed by atoms with Gasteiger partial charge in [-0.1, -0.05) is 24.3 Å². The van der Waals surface area contributed by atoms with Crippen LogP contribution in [0, 0.1) is 0 Å². The second-order valence-electron chi connectivity index (χ2n) is 5.65. The Morgan fingerprint density at radius 3 is 2.34 bits per heavy atom. The lowest BCUT2D eigenvalue weighted by atomic mass is 10.1. The second-order valence-corrected chi connectivity index (χ2v) is 5.65. The van der Waals surface area contributed by atoms with E-state index in [0.717, 1.165) is 5.56 Å². The number of para-hydroxylation sites is 1. The third-order valence-electron chi connectivity index (χ3n) is 3.71. The number of carbonyl (C=O) groups is 1. The summed E-state index contributed by atoms with van der Waals surface area (Å²) in [5.74, 6) is -0.434. The molecule has 0 fully saturated rings. The fourth-order valence-corrected chi connectivity index (χ4v) is 2.43. The van der Waals surface area contributed by atoms with Crippen molar-refractivity contribution >= 4 is 12.0 Å². The van der Waals surface area contributed by atoms with Crippen molar-refractivity contribution in [3.63, 3.8) is 0 Å². The standard InChI is InChI=1S/C20H19F4NO4/c1-27-16-4-2-3-14(18(16)29-20(23)24)7-10-17(26)25-12-11-13-5-8-15(9-6-13)28-19(21)22/h2-10,19-20H,11-12H2,1H3,(H,25,26)/b10-7+. The molecule has 0 saturated heterocycles. The van der Waals surface area contributed by atoms with E-state index in [1.165, 1.54) is 43.5 Å². The molecule has 5 nitrogen and oxygen atoms in total. The van der Waals surface area contributed by atoms with Crippen molar-refractivity contribution in [2.24, 2.45) is 0 Å². The van der Waals surface area contributed by atoms with Crippen LogP contribution >= 0.6 is 0 Å². The van der Waals surface area contributed by atoms with Crippen LogP contribution in [0.5, 0.6) is 17.2 Å². The van der Waals surface area contributed by atoms with Crippen LogP contribution in [0.25, 0.3) is 6.08 Å². The van der Waals surface area contributed by atoms with Gasteiger partial charge >= 0.3 is 13.2 Å². The third-order valence-corrected chi connectivity index (χ3v) is 3.71. The van der Waals surface area contributed by atoms with Crippen molar-refractivity contribution in [1.29, 1.82) is 0 Å². The first-order valence-corrected chi connectivity index (χ1v) is 8.50. The van der Waals surface area contributed by atoms with E-state index in [2.05, 4.69) is 14.8 Å². The number of ether oxygens (including phenoxy) is 3. The van der Waals surface area contributed by atoms with Crippen molar-refractivity contribution in [2.45, 2.75) is 19.6 Å². The maximum atomic E-state index is 12.6. The fourth-order valence-electron chi connectivity index (χ4n) is 2.43. The third kappa shape index (κ3) is 7.36. The number of halogens is 4. The van der Waals surface area contributed by atoms with Crippen LogP contribution in [0.3, 0.4) is 0 Å². The molecule has 9 heteroatoms. The number of methoxy groups -OCH3 is 1. The monoisotopic (exact) mass is 413 g/mol. The van der Waals surface area contributed by atoms with Crippen molar-refractivity contribution in [2.75, 3.05) is 13.7 Å². The number of amides is 1. The molecular formula is C20H19F4NO4. The van der Waals surface area contributed by atoms with Crippen LogP contribution in [0.15, 0.2) is 48.5 Å². The van der Waals surface area contributed by atoms with E-state index < -0.39 is 19.1 Å². The van der Waals surface area contributed by atoms with Crippen LogP contribution in [0.2, 0.25) is 0 Å². The molecule has 0 saturated carbocycles. The molecular weight excluding hydrogens is 394 g/mol. The van der Waals surface area contributed by atoms with Gasteiger partial charge in [-0.05, 0) is 36.3 Å². The van der Waals surface area contributed by atoms with E-state index >= 15 is 0 Å². The number of rotatable bonds is 10. The van der Waals surface area contributed by atoms with Crippen molar-refractivity contribution in [3.05, 3.63) is 59.7 Å². The van der Waals surface area contributed by atoms with Gasteiger partial charge in [0.2, 0.25) is 5.91 Å². The average Bonchev–Trinajstić information content (AvgIpc) is 2.67. The van der Waals surface area contributed by atoms with Gasteiger partial charge in [-0.15, -0.1) is 0 Å². The number of hydrogen-bond donors (Lipinski definition) is 1. The molecule has 0 bridgehead atoms. The number of hydrogen-bond acceptors (Lipinski definition) is 4. The van der Waals surface area contributed by atoms with Gasteiger partial charge in [-0.25, -0.2) is 0 Å². The highest BCUT2D eigenvalue weighted by atomic mass is 19.3. The zero-order valence-electron chi connectivity index (χ0n) is 15.4. The highest BCUT2D eigenvalue weighted by molar-refractivity contribution is 5.92. The first kappa shape index (κ1) is 22.1. The summed E-state index contributed by atoms with van der Waals surface area (Å²) in [6.45, 7) is -5.63. The second kappa shape index (κ2) is 10.9. The maximum absolute atomic E-state index is 12.6. The van der Waals surface area contributed by atoms with Gasteiger partial charge < -0.3 is 19.5 Å². The molecule has 0 heterocycles. The molecule has 0 aliphatic rings. The summed E-state index contributed by atoms with van der Waals surface area (Å²) in [5, 5.41) is 2.64. The van der Waals surface area contributed by atoms with Crippen LogP contribution < -0.4 is 19.5 Å². The molecule has 0 spiro atoms. The SMILES string of the molecule is COc1cccc(/C=C/C(=O)NCCc2ccc(OC(F)F)cc2)c1OC(F)F. The van der Waals surface area contributed by atoms with E-state index in [-0.39, 0.29) is 29.4 Å². The van der Waals surface area contributed by atoms with Crippen LogP contribution in [0.1, 0.15) is 11.1 Å². The van der Waals surface area contributed by atoms with Crippen molar-refractivity contribution in [3.8, 4) is 17.2 Å². The molecule has 29 heavy (non-hydrogen) atoms. The van der Waals surface area contributed by atoms with E-state index in [1.54, 1.807) is 18.2 Å². The quantitative estimate of drug-likeness (QED) is 0.467. The Hall–Kier alpha value is -3.23. The summed E-state index contributed by atoms with van der Waals surface area (Å²) in [5.41, 5.74) is 1.07. The predicted molar refractivity (Wildman–Crippen MR) is 98.4 cm³/mol. The molecule has 2 rings (SSSR count). The number of nitrogens with one attached hydrogen (secondary N) is 1. The smallest absolute Gasteiger partial charge is 0.387 e. The van der Waals surface area contributed by atoms with Gasteiger partial charge in [-0.2, -0.15) is 17.6 Å². The predicted octanol–water partition coefficient (Wildman–Crippen LogP) is 4.27. The van der Waals surface area contributed by atoms with Gasteiger partial charge in [0, 0.05) is 18.2 Å². The Balaban J connectivity index is 1.90. The molecule has 1 amide bonds. The zero-order chi connectivity index (χ0) is 21.2. The van der Waals surface area contributed by atoms with E-state index in [9.17, 15) is 22.4 Å². The van der Waals surface area contributed by atoms with Crippen molar-refractivity contribution in [1.82, 2.24) is 5.32 Å². The largest absolute Gasteiger partial charge is 0.493 e. The highest BCUT2D eigenvalue weighted by Crippen LogP contribution is 2.33. The van der Waals surface area contributed by atoms with Crippen LogP contribution in [-0.4, -0.2) is 32.8 Å². The molecule has 0 aliphatic carbocycles. The summed E-state index contributed by atoms with van der Waals surface area (Å²) >= 11 is 0. The molecule has 0 aliphatic heterocycles. The van der Waals surface area contributed by atoms with Crippen LogP contribution in [-0.2, 0) is 11.2 Å². The first-order chi connectivity index (χ1) is 13.9. The molecule has 2 aromatic carbocycles. The lowest BCUT2D eigenvalue weighted by Gasteiger charge is -2.12. The summed E-state index contributed by atoms with van der Waals surface area (Å²) < 4.78 is 63.2. The topological polar surface area (TPSA) is 56.8 Å². The van der Waals surface area contributed by atoms with Gasteiger partial charge in [0.25, 0.3) is 0 Å². The normalized spacial score (nSPS) is 11.1. The Morgan fingerprint density at radius 2 is 1.72 bits per heavy atom. The van der Waals surface area contributed by atoms with E-state index in [0.29, 0.717) is 6.42 Å². The minimum atomic E-state index is -3.04. The Labute approximate surface area is 164 Å². The summed E-state index contributed by atoms with van der Waals surface area (Å²) in [7, 11) is 1.32. The minimum absolute atomic E-state index is 0.0517. The van der Waals surface area contributed by atoms with Gasteiger partial charge in [-0.3, -0.25) is 4.79 Å². The first-order valence-electron chi connectivity index (χ1n) is 8.50. The fraction of sp³-hybridized carbons (Fsp3) is 0.250. The van der Waals surface area contributed by atoms with Gasteiger partial charge in [0.1, 0.15) is 5.75 Å². The summed E-state index contributed by atoms with van der Waals surface area (Å²) in [6.07, 6.45) is 2.99. The minimum Gasteiger partial charge on any atom is -0.493 e. The molecule has 2 aromatic rings. The number of carbonyl (C=O) groups excluding carboxylic acids is 1. The van der Waals surface area contributed by atoms with E-state index in [1.807, 2.05) is 0 Å². The Morgan fingerprint density at radius 1 is 1.03 bits per heavy atom. The maximum Gasteiger partial charge on any atom is 0.387 e. The highest BCUT2D eigenvalue weighted by Gasteiger charge is 2.14. The lowest BCUT2D eigenvalue weighted by molar-refractivity contribution is -0.116. The molecule has 156 valence electrons. The van der Waals surface area contributed by atoms with Gasteiger partial charge in [0.05, 0.1) is 7.11 Å². The van der Waals surface area contributed by atoms with Gasteiger partial charge in [0.15, 0.2) is 11.5 Å². The zero-order valence-corrected chi connectivity index (χ0v) is 15.4.